The number of hydrogen-bond donors (Lipinski definition) is 0. The molecule has 0 spiro atoms. The number of alkyl halides is 4. The molecule has 27 heavy (non-hydrogen) atoms. The lowest BCUT2D eigenvalue weighted by Crippen LogP contribution is -2.19. The minimum atomic E-state index is -2.94. The van der Waals surface area contributed by atoms with Crippen molar-refractivity contribution < 1.29 is 27.0 Å². The van der Waals surface area contributed by atoms with Crippen molar-refractivity contribution in [1.82, 2.24) is 4.57 Å². The van der Waals surface area contributed by atoms with E-state index in [1.807, 2.05) is 0 Å². The molecule has 1 aliphatic carbocycles. The molecule has 146 valence electrons. The molecule has 0 amide bonds. The number of aromatic nitrogens is 1. The van der Waals surface area contributed by atoms with Crippen molar-refractivity contribution >= 4 is 0 Å². The molecule has 4 nitrogen and oxygen atoms in total. The molecule has 0 saturated heterocycles. The third-order valence-electron chi connectivity index (χ3n) is 4.32. The number of hydrogen-bond acceptors (Lipinski definition) is 3. The molecule has 1 aromatic carbocycles. The zero-order valence-electron chi connectivity index (χ0n) is 14.4. The van der Waals surface area contributed by atoms with Gasteiger partial charge in [0.25, 0.3) is 5.56 Å². The van der Waals surface area contributed by atoms with Gasteiger partial charge in [-0.1, -0.05) is 6.07 Å². The van der Waals surface area contributed by atoms with Crippen LogP contribution in [0.15, 0.2) is 41.3 Å². The standard InChI is InChI=1S/C19H19F4NO3/c20-18(21)24-8-7-13(10-17(24)25)2-1-12-5-6-15(27-19(22)23)16(9-12)26-11-14-3-4-14/h5-10,14,18-19H,1-4,11H2. The summed E-state index contributed by atoms with van der Waals surface area (Å²) in [6, 6.07) is 7.35. The van der Waals surface area contributed by atoms with Crippen molar-refractivity contribution in [2.24, 2.45) is 5.92 Å². The third-order valence-corrected chi connectivity index (χ3v) is 4.32. The molecule has 0 unspecified atom stereocenters. The second-order valence-electron chi connectivity index (χ2n) is 6.47. The molecule has 1 saturated carbocycles. The fourth-order valence-corrected chi connectivity index (χ4v) is 2.64. The zero-order chi connectivity index (χ0) is 19.4. The summed E-state index contributed by atoms with van der Waals surface area (Å²) in [5.74, 6) is 0.691. The van der Waals surface area contributed by atoms with Gasteiger partial charge in [0, 0.05) is 12.3 Å². The van der Waals surface area contributed by atoms with Crippen LogP contribution >= 0.6 is 0 Å². The summed E-state index contributed by atoms with van der Waals surface area (Å²) in [6.45, 7) is -5.37. The molecule has 0 N–H and O–H groups in total. The van der Waals surface area contributed by atoms with E-state index in [2.05, 4.69) is 4.74 Å². The van der Waals surface area contributed by atoms with Gasteiger partial charge in [0.1, 0.15) is 0 Å². The lowest BCUT2D eigenvalue weighted by atomic mass is 10.0. The maximum absolute atomic E-state index is 12.6. The van der Waals surface area contributed by atoms with E-state index in [4.69, 9.17) is 4.74 Å². The fourth-order valence-electron chi connectivity index (χ4n) is 2.64. The Kier molecular flexibility index (Phi) is 6.03. The summed E-state index contributed by atoms with van der Waals surface area (Å²) >= 11 is 0. The minimum Gasteiger partial charge on any atom is -0.489 e. The number of aryl methyl sites for hydroxylation is 2. The summed E-state index contributed by atoms with van der Waals surface area (Å²) in [7, 11) is 0. The van der Waals surface area contributed by atoms with E-state index in [-0.39, 0.29) is 11.5 Å². The molecule has 1 aromatic heterocycles. The first-order chi connectivity index (χ1) is 12.9. The molecule has 8 heteroatoms. The molecule has 0 radical (unpaired) electrons. The van der Waals surface area contributed by atoms with Gasteiger partial charge in [0.05, 0.1) is 6.61 Å². The van der Waals surface area contributed by atoms with Crippen LogP contribution < -0.4 is 15.0 Å². The topological polar surface area (TPSA) is 40.5 Å². The maximum atomic E-state index is 12.6. The summed E-state index contributed by atoms with van der Waals surface area (Å²) in [5, 5.41) is 0. The van der Waals surface area contributed by atoms with Crippen LogP contribution in [-0.4, -0.2) is 17.8 Å². The third kappa shape index (κ3) is 5.48. The van der Waals surface area contributed by atoms with Crippen LogP contribution in [0.4, 0.5) is 17.6 Å². The van der Waals surface area contributed by atoms with Crippen molar-refractivity contribution in [2.45, 2.75) is 38.8 Å². The van der Waals surface area contributed by atoms with Crippen LogP contribution in [0.5, 0.6) is 11.5 Å². The second-order valence-corrected chi connectivity index (χ2v) is 6.47. The van der Waals surface area contributed by atoms with E-state index in [9.17, 15) is 22.4 Å². The van der Waals surface area contributed by atoms with Crippen LogP contribution in [0, 0.1) is 5.92 Å². The highest BCUT2D eigenvalue weighted by atomic mass is 19.3. The zero-order valence-corrected chi connectivity index (χ0v) is 14.4. The Morgan fingerprint density at radius 2 is 1.70 bits per heavy atom. The Hall–Kier alpha value is -2.51. The quantitative estimate of drug-likeness (QED) is 0.600. The van der Waals surface area contributed by atoms with E-state index in [0.29, 0.717) is 35.5 Å². The summed E-state index contributed by atoms with van der Waals surface area (Å²) in [6.07, 6.45) is 4.12. The summed E-state index contributed by atoms with van der Waals surface area (Å²) in [5.41, 5.74) is 0.655. The van der Waals surface area contributed by atoms with Crippen molar-refractivity contribution in [2.75, 3.05) is 6.61 Å². The van der Waals surface area contributed by atoms with E-state index >= 15 is 0 Å². The SMILES string of the molecule is O=c1cc(CCc2ccc(OC(F)F)c(OCC3CC3)c2)ccn1C(F)F. The predicted molar refractivity (Wildman–Crippen MR) is 90.7 cm³/mol. The highest BCUT2D eigenvalue weighted by molar-refractivity contribution is 5.43. The van der Waals surface area contributed by atoms with E-state index in [0.717, 1.165) is 24.6 Å². The highest BCUT2D eigenvalue weighted by Crippen LogP contribution is 2.34. The maximum Gasteiger partial charge on any atom is 0.387 e. The van der Waals surface area contributed by atoms with Gasteiger partial charge in [-0.15, -0.1) is 0 Å². The monoisotopic (exact) mass is 385 g/mol. The van der Waals surface area contributed by atoms with Crippen molar-refractivity contribution in [3.8, 4) is 11.5 Å². The van der Waals surface area contributed by atoms with Crippen LogP contribution in [0.25, 0.3) is 0 Å². The smallest absolute Gasteiger partial charge is 0.387 e. The average molecular weight is 385 g/mol. The number of rotatable bonds is 9. The van der Waals surface area contributed by atoms with Gasteiger partial charge in [0.15, 0.2) is 11.5 Å². The number of benzene rings is 1. The van der Waals surface area contributed by atoms with Gasteiger partial charge in [-0.05, 0) is 60.9 Å². The van der Waals surface area contributed by atoms with Crippen molar-refractivity contribution in [3.05, 3.63) is 58.0 Å². The number of nitrogens with zero attached hydrogens (tertiary/aromatic N) is 1. The minimum absolute atomic E-state index is 0.0195. The lowest BCUT2D eigenvalue weighted by molar-refractivity contribution is -0.0515. The Morgan fingerprint density at radius 1 is 1.00 bits per heavy atom. The first kappa shape index (κ1) is 19.3. The molecule has 1 heterocycles. The Morgan fingerprint density at radius 3 is 2.30 bits per heavy atom. The number of halogens is 4. The van der Waals surface area contributed by atoms with E-state index < -0.39 is 18.7 Å². The van der Waals surface area contributed by atoms with Gasteiger partial charge >= 0.3 is 13.2 Å². The van der Waals surface area contributed by atoms with Gasteiger partial charge in [-0.3, -0.25) is 9.36 Å². The highest BCUT2D eigenvalue weighted by Gasteiger charge is 2.23. The molecule has 1 aliphatic rings. The molecule has 0 aliphatic heterocycles. The molecule has 3 rings (SSSR count). The van der Waals surface area contributed by atoms with Crippen LogP contribution in [0.3, 0.4) is 0 Å². The van der Waals surface area contributed by atoms with Crippen LogP contribution in [-0.2, 0) is 12.8 Å². The van der Waals surface area contributed by atoms with Crippen LogP contribution in [0.1, 0.15) is 30.5 Å². The molecule has 0 atom stereocenters. The largest absolute Gasteiger partial charge is 0.489 e. The average Bonchev–Trinajstić information content (AvgIpc) is 3.43. The first-order valence-electron chi connectivity index (χ1n) is 8.62. The Labute approximate surface area is 153 Å². The summed E-state index contributed by atoms with van der Waals surface area (Å²) < 4.78 is 60.8. The normalized spacial score (nSPS) is 14.0. The molecule has 1 fully saturated rings. The second kappa shape index (κ2) is 8.45. The van der Waals surface area contributed by atoms with Gasteiger partial charge in [0.2, 0.25) is 0 Å². The molecule has 2 aromatic rings. The van der Waals surface area contributed by atoms with Gasteiger partial charge < -0.3 is 9.47 Å². The molecular formula is C19H19F4NO3. The predicted octanol–water partition coefficient (Wildman–Crippen LogP) is 4.42. The number of pyridine rings is 1. The van der Waals surface area contributed by atoms with Crippen molar-refractivity contribution in [1.29, 1.82) is 0 Å². The first-order valence-corrected chi connectivity index (χ1v) is 8.62. The van der Waals surface area contributed by atoms with Gasteiger partial charge in [-0.25, -0.2) is 0 Å². The van der Waals surface area contributed by atoms with Crippen LogP contribution in [0.2, 0.25) is 0 Å². The van der Waals surface area contributed by atoms with Gasteiger partial charge in [-0.2, -0.15) is 17.6 Å². The fraction of sp³-hybridized carbons (Fsp3) is 0.421. The molecule has 0 bridgehead atoms. The summed E-state index contributed by atoms with van der Waals surface area (Å²) in [4.78, 5) is 11.6. The Balaban J connectivity index is 1.69. The lowest BCUT2D eigenvalue weighted by Gasteiger charge is -2.14. The van der Waals surface area contributed by atoms with Crippen molar-refractivity contribution in [3.63, 3.8) is 0 Å². The molecular weight excluding hydrogens is 366 g/mol. The van der Waals surface area contributed by atoms with E-state index in [1.165, 1.54) is 18.2 Å². The number of ether oxygens (including phenoxy) is 2. The Bertz CT molecular complexity index is 834. The van der Waals surface area contributed by atoms with E-state index in [1.54, 1.807) is 12.1 Å².